The van der Waals surface area contributed by atoms with Crippen molar-refractivity contribution in [1.29, 1.82) is 0 Å². The molecule has 0 saturated carbocycles. The lowest BCUT2D eigenvalue weighted by Crippen LogP contribution is -2.41. The summed E-state index contributed by atoms with van der Waals surface area (Å²) in [7, 11) is 3.26. The van der Waals surface area contributed by atoms with Crippen molar-refractivity contribution in [3.63, 3.8) is 0 Å². The van der Waals surface area contributed by atoms with Gasteiger partial charge in [0, 0.05) is 29.6 Å². The van der Waals surface area contributed by atoms with E-state index in [2.05, 4.69) is 0 Å². The number of benzene rings is 2. The van der Waals surface area contributed by atoms with Crippen LogP contribution in [0.15, 0.2) is 36.4 Å². The maximum Gasteiger partial charge on any atom is 0.264 e. The van der Waals surface area contributed by atoms with E-state index < -0.39 is 6.10 Å². The van der Waals surface area contributed by atoms with E-state index in [1.165, 1.54) is 0 Å². The number of nitrogens with zero attached hydrogens (tertiary/aromatic N) is 1. The molecule has 0 aliphatic carbocycles. The molecular weight excluding hydrogens is 366 g/mol. The van der Waals surface area contributed by atoms with E-state index in [9.17, 15) is 4.79 Å². The van der Waals surface area contributed by atoms with Crippen LogP contribution in [0.1, 0.15) is 30.0 Å². The number of ether oxygens (including phenoxy) is 3. The molecule has 1 fully saturated rings. The van der Waals surface area contributed by atoms with Gasteiger partial charge in [-0.2, -0.15) is 0 Å². The van der Waals surface area contributed by atoms with Crippen molar-refractivity contribution < 1.29 is 19.0 Å². The van der Waals surface area contributed by atoms with E-state index in [1.54, 1.807) is 20.3 Å². The molecule has 0 unspecified atom stereocenters. The maximum absolute atomic E-state index is 13.2. The summed E-state index contributed by atoms with van der Waals surface area (Å²) in [5.74, 6) is 2.23. The number of rotatable bonds is 4. The lowest BCUT2D eigenvalue weighted by molar-refractivity contribution is -0.138. The molecule has 2 atom stereocenters. The predicted octanol–water partition coefficient (Wildman–Crippen LogP) is 4.02. The minimum absolute atomic E-state index is 0.0164. The summed E-state index contributed by atoms with van der Waals surface area (Å²) in [6.45, 7) is 0.718. The highest BCUT2D eigenvalue weighted by atomic mass is 35.5. The van der Waals surface area contributed by atoms with E-state index in [-0.39, 0.29) is 11.9 Å². The monoisotopic (exact) mass is 387 g/mol. The maximum atomic E-state index is 13.2. The molecule has 2 aliphatic heterocycles. The van der Waals surface area contributed by atoms with Crippen molar-refractivity contribution in [3.8, 4) is 17.2 Å². The molecule has 1 saturated heterocycles. The molecule has 5 nitrogen and oxygen atoms in total. The van der Waals surface area contributed by atoms with Crippen LogP contribution in [0.25, 0.3) is 0 Å². The zero-order valence-electron chi connectivity index (χ0n) is 15.4. The number of carbonyl (C=O) groups excluding carboxylic acids is 1. The second-order valence-electron chi connectivity index (χ2n) is 6.86. The third-order valence-corrected chi connectivity index (χ3v) is 5.54. The van der Waals surface area contributed by atoms with Crippen LogP contribution < -0.4 is 14.2 Å². The lowest BCUT2D eigenvalue weighted by atomic mass is 10.0. The Morgan fingerprint density at radius 3 is 2.81 bits per heavy atom. The largest absolute Gasteiger partial charge is 0.497 e. The van der Waals surface area contributed by atoms with E-state index in [1.807, 2.05) is 35.2 Å². The fraction of sp³-hybridized carbons (Fsp3) is 0.381. The molecule has 2 aromatic carbocycles. The van der Waals surface area contributed by atoms with Crippen LogP contribution in [-0.2, 0) is 11.2 Å². The standard InChI is InChI=1S/C21H22ClNO4/c1-25-15-6-7-16(19(12-15)26-2)17-4-3-9-23(17)21(24)20-11-13-10-14(22)5-8-18(13)27-20/h5-8,10,12,17,20H,3-4,9,11H2,1-2H3/t17-,20+/m1/s1. The molecule has 0 bridgehead atoms. The highest BCUT2D eigenvalue weighted by Crippen LogP contribution is 2.40. The number of fused-ring (bicyclic) bond motifs is 1. The Morgan fingerprint density at radius 2 is 2.04 bits per heavy atom. The van der Waals surface area contributed by atoms with Crippen molar-refractivity contribution in [2.75, 3.05) is 20.8 Å². The normalized spacial score (nSPS) is 20.9. The van der Waals surface area contributed by atoms with E-state index in [0.29, 0.717) is 11.4 Å². The van der Waals surface area contributed by atoms with Gasteiger partial charge in [-0.3, -0.25) is 4.79 Å². The van der Waals surface area contributed by atoms with Crippen LogP contribution in [0.3, 0.4) is 0 Å². The smallest absolute Gasteiger partial charge is 0.264 e. The summed E-state index contributed by atoms with van der Waals surface area (Å²) in [4.78, 5) is 15.1. The first-order chi connectivity index (χ1) is 13.1. The van der Waals surface area contributed by atoms with Crippen molar-refractivity contribution >= 4 is 17.5 Å². The predicted molar refractivity (Wildman–Crippen MR) is 103 cm³/mol. The van der Waals surface area contributed by atoms with Gasteiger partial charge >= 0.3 is 0 Å². The minimum Gasteiger partial charge on any atom is -0.497 e. The first-order valence-corrected chi connectivity index (χ1v) is 9.46. The second-order valence-corrected chi connectivity index (χ2v) is 7.30. The lowest BCUT2D eigenvalue weighted by Gasteiger charge is -2.28. The van der Waals surface area contributed by atoms with Crippen LogP contribution in [0.5, 0.6) is 17.2 Å². The quantitative estimate of drug-likeness (QED) is 0.794. The number of amides is 1. The van der Waals surface area contributed by atoms with Gasteiger partial charge in [-0.15, -0.1) is 0 Å². The van der Waals surface area contributed by atoms with Gasteiger partial charge < -0.3 is 19.1 Å². The number of carbonyl (C=O) groups is 1. The number of methoxy groups -OCH3 is 2. The number of halogens is 1. The minimum atomic E-state index is -0.497. The number of hydrogen-bond donors (Lipinski definition) is 0. The number of hydrogen-bond acceptors (Lipinski definition) is 4. The zero-order chi connectivity index (χ0) is 19.0. The molecule has 0 aromatic heterocycles. The van der Waals surface area contributed by atoms with Crippen molar-refractivity contribution in [3.05, 3.63) is 52.5 Å². The fourth-order valence-corrected chi connectivity index (χ4v) is 4.18. The Bertz CT molecular complexity index is 869. The molecule has 142 valence electrons. The van der Waals surface area contributed by atoms with E-state index >= 15 is 0 Å². The van der Waals surface area contributed by atoms with Crippen LogP contribution in [0.4, 0.5) is 0 Å². The van der Waals surface area contributed by atoms with Gasteiger partial charge in [-0.25, -0.2) is 0 Å². The zero-order valence-corrected chi connectivity index (χ0v) is 16.2. The first kappa shape index (κ1) is 18.0. The molecule has 0 radical (unpaired) electrons. The van der Waals surface area contributed by atoms with Gasteiger partial charge in [0.05, 0.1) is 20.3 Å². The number of likely N-dealkylation sites (tertiary alicyclic amines) is 1. The summed E-state index contributed by atoms with van der Waals surface area (Å²) in [6.07, 6.45) is 1.91. The molecule has 1 amide bonds. The topological polar surface area (TPSA) is 48.0 Å². The molecule has 0 N–H and O–H groups in total. The van der Waals surface area contributed by atoms with Crippen molar-refractivity contribution in [1.82, 2.24) is 4.90 Å². The van der Waals surface area contributed by atoms with Gasteiger partial charge in [0.1, 0.15) is 17.2 Å². The third kappa shape index (κ3) is 3.32. The molecular formula is C21H22ClNO4. The molecule has 2 aromatic rings. The highest BCUT2D eigenvalue weighted by molar-refractivity contribution is 6.30. The van der Waals surface area contributed by atoms with Crippen LogP contribution >= 0.6 is 11.6 Å². The fourth-order valence-electron chi connectivity index (χ4n) is 3.99. The van der Waals surface area contributed by atoms with Crippen LogP contribution in [0, 0.1) is 0 Å². The van der Waals surface area contributed by atoms with Crippen molar-refractivity contribution in [2.24, 2.45) is 0 Å². The molecule has 2 heterocycles. The Morgan fingerprint density at radius 1 is 1.19 bits per heavy atom. The molecule has 0 spiro atoms. The van der Waals surface area contributed by atoms with Crippen LogP contribution in [-0.4, -0.2) is 37.7 Å². The van der Waals surface area contributed by atoms with Gasteiger partial charge in [0.25, 0.3) is 5.91 Å². The average Bonchev–Trinajstić information content (AvgIpc) is 3.33. The summed E-state index contributed by atoms with van der Waals surface area (Å²) < 4.78 is 16.8. The molecule has 27 heavy (non-hydrogen) atoms. The average molecular weight is 388 g/mol. The summed E-state index contributed by atoms with van der Waals surface area (Å²) in [5, 5.41) is 0.660. The molecule has 4 rings (SSSR count). The van der Waals surface area contributed by atoms with Gasteiger partial charge in [0.2, 0.25) is 0 Å². The van der Waals surface area contributed by atoms with Crippen LogP contribution in [0.2, 0.25) is 5.02 Å². The Labute approximate surface area is 163 Å². The highest BCUT2D eigenvalue weighted by Gasteiger charge is 2.38. The first-order valence-electron chi connectivity index (χ1n) is 9.08. The molecule has 2 aliphatic rings. The SMILES string of the molecule is COc1ccc([C@H]2CCCN2C(=O)[C@@H]2Cc3cc(Cl)ccc3O2)c(OC)c1. The Hall–Kier alpha value is -2.40. The van der Waals surface area contributed by atoms with Crippen molar-refractivity contribution in [2.45, 2.75) is 31.4 Å². The Balaban J connectivity index is 1.56. The van der Waals surface area contributed by atoms with E-state index in [0.717, 1.165) is 47.8 Å². The van der Waals surface area contributed by atoms with Gasteiger partial charge in [-0.05, 0) is 48.7 Å². The van der Waals surface area contributed by atoms with Gasteiger partial charge in [0.15, 0.2) is 6.10 Å². The third-order valence-electron chi connectivity index (χ3n) is 5.31. The van der Waals surface area contributed by atoms with E-state index in [4.69, 9.17) is 25.8 Å². The van der Waals surface area contributed by atoms with Gasteiger partial charge in [-0.1, -0.05) is 11.6 Å². The Kier molecular flexibility index (Phi) is 4.87. The molecule has 6 heteroatoms. The second kappa shape index (κ2) is 7.31. The summed E-state index contributed by atoms with van der Waals surface area (Å²) in [6, 6.07) is 11.2. The summed E-state index contributed by atoms with van der Waals surface area (Å²) >= 11 is 6.06. The summed E-state index contributed by atoms with van der Waals surface area (Å²) in [5.41, 5.74) is 1.99.